The molecule has 1 aromatic heterocycles. The molecule has 0 spiro atoms. The van der Waals surface area contributed by atoms with Crippen LogP contribution in [0.4, 0.5) is 0 Å². The molecule has 3 nitrogen and oxygen atoms in total. The highest BCUT2D eigenvalue weighted by molar-refractivity contribution is 5.40. The van der Waals surface area contributed by atoms with Gasteiger partial charge in [-0.15, -0.1) is 0 Å². The molecule has 0 radical (unpaired) electrons. The average Bonchev–Trinajstić information content (AvgIpc) is 2.66. The van der Waals surface area contributed by atoms with Gasteiger partial charge in [-0.1, -0.05) is 18.2 Å². The molecule has 0 saturated heterocycles. The number of ether oxygens (including phenoxy) is 1. The van der Waals surface area contributed by atoms with Crippen LogP contribution in [-0.4, -0.2) is 15.9 Å². The minimum Gasteiger partial charge on any atom is -0.488 e. The number of para-hydroxylation sites is 1. The molecule has 84 valence electrons. The molecule has 16 heavy (non-hydrogen) atoms. The third-order valence-corrected chi connectivity index (χ3v) is 2.29. The Labute approximate surface area is 95.7 Å². The smallest absolute Gasteiger partial charge is 0.158 e. The molecule has 0 atom stereocenters. The third kappa shape index (κ3) is 2.24. The standard InChI is InChI=1S/C13H16N2O/c1-10(2)16-12-8-14-15(9-12)13-7-5-4-6-11(13)3/h4-10H,1-3H3. The third-order valence-electron chi connectivity index (χ3n) is 2.29. The van der Waals surface area contributed by atoms with Gasteiger partial charge in [0, 0.05) is 0 Å². The zero-order valence-corrected chi connectivity index (χ0v) is 9.84. The van der Waals surface area contributed by atoms with Crippen LogP contribution in [0, 0.1) is 6.92 Å². The lowest BCUT2D eigenvalue weighted by molar-refractivity contribution is 0.242. The average molecular weight is 216 g/mol. The van der Waals surface area contributed by atoms with Crippen molar-refractivity contribution in [3.05, 3.63) is 42.2 Å². The van der Waals surface area contributed by atoms with Gasteiger partial charge < -0.3 is 4.74 Å². The van der Waals surface area contributed by atoms with E-state index in [0.717, 1.165) is 11.4 Å². The van der Waals surface area contributed by atoms with E-state index < -0.39 is 0 Å². The molecule has 0 N–H and O–H groups in total. The minimum absolute atomic E-state index is 0.175. The second kappa shape index (κ2) is 4.39. The Morgan fingerprint density at radius 1 is 1.25 bits per heavy atom. The summed E-state index contributed by atoms with van der Waals surface area (Å²) in [5.41, 5.74) is 2.28. The van der Waals surface area contributed by atoms with E-state index in [4.69, 9.17) is 4.74 Å². The number of hydrogen-bond donors (Lipinski definition) is 0. The number of hydrogen-bond acceptors (Lipinski definition) is 2. The summed E-state index contributed by atoms with van der Waals surface area (Å²) in [6.07, 6.45) is 3.82. The van der Waals surface area contributed by atoms with Gasteiger partial charge in [0.25, 0.3) is 0 Å². The first-order valence-corrected chi connectivity index (χ1v) is 5.44. The summed E-state index contributed by atoms with van der Waals surface area (Å²) in [7, 11) is 0. The van der Waals surface area contributed by atoms with Crippen LogP contribution in [0.15, 0.2) is 36.7 Å². The molecule has 0 aliphatic heterocycles. The van der Waals surface area contributed by atoms with Gasteiger partial charge in [-0.2, -0.15) is 5.10 Å². The zero-order valence-electron chi connectivity index (χ0n) is 9.84. The lowest BCUT2D eigenvalue weighted by Crippen LogP contribution is -2.04. The molecule has 1 aromatic carbocycles. The fourth-order valence-corrected chi connectivity index (χ4v) is 1.59. The Balaban J connectivity index is 2.28. The van der Waals surface area contributed by atoms with Gasteiger partial charge in [0.05, 0.1) is 24.2 Å². The second-order valence-electron chi connectivity index (χ2n) is 4.07. The number of aromatic nitrogens is 2. The molecule has 2 aromatic rings. The Kier molecular flexibility index (Phi) is 2.95. The van der Waals surface area contributed by atoms with E-state index in [1.807, 2.05) is 42.9 Å². The van der Waals surface area contributed by atoms with E-state index in [-0.39, 0.29) is 6.10 Å². The number of rotatable bonds is 3. The maximum Gasteiger partial charge on any atom is 0.158 e. The Bertz CT molecular complexity index is 474. The fourth-order valence-electron chi connectivity index (χ4n) is 1.59. The molecule has 3 heteroatoms. The first kappa shape index (κ1) is 10.7. The van der Waals surface area contributed by atoms with Crippen molar-refractivity contribution in [3.8, 4) is 11.4 Å². The van der Waals surface area contributed by atoms with Crippen molar-refractivity contribution in [2.24, 2.45) is 0 Å². The van der Waals surface area contributed by atoms with Crippen LogP contribution >= 0.6 is 0 Å². The quantitative estimate of drug-likeness (QED) is 0.788. The maximum absolute atomic E-state index is 5.57. The van der Waals surface area contributed by atoms with E-state index in [0.29, 0.717) is 0 Å². The fraction of sp³-hybridized carbons (Fsp3) is 0.308. The predicted molar refractivity (Wildman–Crippen MR) is 64.1 cm³/mol. The molecule has 0 aliphatic rings. The van der Waals surface area contributed by atoms with E-state index in [9.17, 15) is 0 Å². The van der Waals surface area contributed by atoms with Crippen molar-refractivity contribution in [3.63, 3.8) is 0 Å². The van der Waals surface area contributed by atoms with E-state index in [2.05, 4.69) is 18.1 Å². The van der Waals surface area contributed by atoms with Gasteiger partial charge >= 0.3 is 0 Å². The molecule has 0 amide bonds. The first-order valence-electron chi connectivity index (χ1n) is 5.44. The summed E-state index contributed by atoms with van der Waals surface area (Å²) in [5.74, 6) is 0.804. The van der Waals surface area contributed by atoms with Crippen LogP contribution in [0.3, 0.4) is 0 Å². The highest BCUT2D eigenvalue weighted by atomic mass is 16.5. The Morgan fingerprint density at radius 2 is 2.00 bits per heavy atom. The van der Waals surface area contributed by atoms with Crippen molar-refractivity contribution in [2.75, 3.05) is 0 Å². The van der Waals surface area contributed by atoms with Gasteiger partial charge in [0.1, 0.15) is 0 Å². The summed E-state index contributed by atoms with van der Waals surface area (Å²) in [6, 6.07) is 8.14. The van der Waals surface area contributed by atoms with E-state index in [1.165, 1.54) is 5.56 Å². The molecular formula is C13H16N2O. The normalized spacial score (nSPS) is 10.8. The van der Waals surface area contributed by atoms with Gasteiger partial charge in [-0.25, -0.2) is 4.68 Å². The SMILES string of the molecule is Cc1ccccc1-n1cc(OC(C)C)cn1. The van der Waals surface area contributed by atoms with Crippen molar-refractivity contribution in [1.29, 1.82) is 0 Å². The second-order valence-corrected chi connectivity index (χ2v) is 4.07. The summed E-state index contributed by atoms with van der Waals surface area (Å²) in [5, 5.41) is 4.29. The highest BCUT2D eigenvalue weighted by Gasteiger charge is 2.04. The van der Waals surface area contributed by atoms with Gasteiger partial charge in [-0.3, -0.25) is 0 Å². The van der Waals surface area contributed by atoms with Crippen LogP contribution in [-0.2, 0) is 0 Å². The minimum atomic E-state index is 0.175. The molecule has 0 unspecified atom stereocenters. The Hall–Kier alpha value is -1.77. The lowest BCUT2D eigenvalue weighted by atomic mass is 10.2. The molecule has 0 bridgehead atoms. The Morgan fingerprint density at radius 3 is 2.69 bits per heavy atom. The van der Waals surface area contributed by atoms with Gasteiger partial charge in [0.15, 0.2) is 5.75 Å². The maximum atomic E-state index is 5.57. The van der Waals surface area contributed by atoms with Crippen LogP contribution in [0.5, 0.6) is 5.75 Å². The van der Waals surface area contributed by atoms with Crippen molar-refractivity contribution in [2.45, 2.75) is 26.9 Å². The predicted octanol–water partition coefficient (Wildman–Crippen LogP) is 2.97. The molecule has 1 heterocycles. The number of aryl methyl sites for hydroxylation is 1. The van der Waals surface area contributed by atoms with Crippen LogP contribution in [0.2, 0.25) is 0 Å². The van der Waals surface area contributed by atoms with Crippen molar-refractivity contribution < 1.29 is 4.74 Å². The van der Waals surface area contributed by atoms with Crippen LogP contribution in [0.25, 0.3) is 5.69 Å². The van der Waals surface area contributed by atoms with Crippen LogP contribution < -0.4 is 4.74 Å². The van der Waals surface area contributed by atoms with Crippen molar-refractivity contribution in [1.82, 2.24) is 9.78 Å². The molecule has 0 aliphatic carbocycles. The topological polar surface area (TPSA) is 27.1 Å². The molecule has 0 fully saturated rings. The molecule has 2 rings (SSSR count). The number of benzene rings is 1. The summed E-state index contributed by atoms with van der Waals surface area (Å²) in [6.45, 7) is 6.08. The molecular weight excluding hydrogens is 200 g/mol. The van der Waals surface area contributed by atoms with Crippen molar-refractivity contribution >= 4 is 0 Å². The van der Waals surface area contributed by atoms with E-state index in [1.54, 1.807) is 6.20 Å². The zero-order chi connectivity index (χ0) is 11.5. The summed E-state index contributed by atoms with van der Waals surface area (Å²) >= 11 is 0. The monoisotopic (exact) mass is 216 g/mol. The van der Waals surface area contributed by atoms with E-state index >= 15 is 0 Å². The largest absolute Gasteiger partial charge is 0.488 e. The van der Waals surface area contributed by atoms with Gasteiger partial charge in [0.2, 0.25) is 0 Å². The van der Waals surface area contributed by atoms with Gasteiger partial charge in [-0.05, 0) is 32.4 Å². The summed E-state index contributed by atoms with van der Waals surface area (Å²) < 4.78 is 7.41. The molecule has 0 saturated carbocycles. The summed E-state index contributed by atoms with van der Waals surface area (Å²) in [4.78, 5) is 0. The highest BCUT2D eigenvalue weighted by Crippen LogP contribution is 2.17. The first-order chi connectivity index (χ1) is 7.66. The van der Waals surface area contributed by atoms with Crippen LogP contribution in [0.1, 0.15) is 19.4 Å². The number of nitrogens with zero attached hydrogens (tertiary/aromatic N) is 2. The lowest BCUT2D eigenvalue weighted by Gasteiger charge is -2.06.